The molecule has 1 aliphatic heterocycles. The van der Waals surface area contributed by atoms with Gasteiger partial charge in [-0.15, -0.1) is 0 Å². The maximum atomic E-state index is 11.7. The van der Waals surface area contributed by atoms with E-state index in [1.165, 1.54) is 19.3 Å². The fourth-order valence-corrected chi connectivity index (χ4v) is 2.22. The fourth-order valence-electron chi connectivity index (χ4n) is 2.22. The van der Waals surface area contributed by atoms with Gasteiger partial charge in [-0.05, 0) is 25.7 Å². The summed E-state index contributed by atoms with van der Waals surface area (Å²) in [6.07, 6.45) is 21.7. The normalized spacial score (nSPS) is 28.1. The van der Waals surface area contributed by atoms with Crippen LogP contribution in [0.5, 0.6) is 0 Å². The number of ether oxygens (including phenoxy) is 1. The van der Waals surface area contributed by atoms with Gasteiger partial charge in [-0.1, -0.05) is 62.6 Å². The van der Waals surface area contributed by atoms with Crippen LogP contribution < -0.4 is 0 Å². The lowest BCUT2D eigenvalue weighted by Crippen LogP contribution is -2.16. The minimum atomic E-state index is -0.0354. The molecule has 0 aliphatic carbocycles. The minimum Gasteiger partial charge on any atom is -0.462 e. The van der Waals surface area contributed by atoms with Gasteiger partial charge in [0.1, 0.15) is 6.10 Å². The Morgan fingerprint density at radius 3 is 2.50 bits per heavy atom. The molecule has 112 valence electrons. The third kappa shape index (κ3) is 8.73. The van der Waals surface area contributed by atoms with Gasteiger partial charge in [0.25, 0.3) is 0 Å². The van der Waals surface area contributed by atoms with Crippen molar-refractivity contribution in [3.05, 3.63) is 36.5 Å². The summed E-state index contributed by atoms with van der Waals surface area (Å²) >= 11 is 0. The molecule has 1 aliphatic rings. The van der Waals surface area contributed by atoms with Crippen molar-refractivity contribution in [3.8, 4) is 0 Å². The van der Waals surface area contributed by atoms with Crippen molar-refractivity contribution < 1.29 is 9.53 Å². The number of esters is 1. The Bertz CT molecular complexity index is 339. The standard InChI is InChI=1S/C18H28O2/c1-2-17-15-13-11-9-7-5-3-4-6-8-10-12-14-16-18(19)20-17/h3,5,7,9,11,13,17H,2,4,6,8,10,12,14-16H2,1H3/b5-3+,9-7+,13-11+. The van der Waals surface area contributed by atoms with Crippen molar-refractivity contribution in [1.29, 1.82) is 0 Å². The maximum absolute atomic E-state index is 11.7. The van der Waals surface area contributed by atoms with E-state index in [2.05, 4.69) is 31.2 Å². The average Bonchev–Trinajstić information content (AvgIpc) is 2.45. The van der Waals surface area contributed by atoms with Gasteiger partial charge < -0.3 is 4.74 Å². The summed E-state index contributed by atoms with van der Waals surface area (Å²) in [5, 5.41) is 0. The number of hydrogen-bond donors (Lipinski definition) is 0. The summed E-state index contributed by atoms with van der Waals surface area (Å²) in [7, 11) is 0. The average molecular weight is 276 g/mol. The van der Waals surface area contributed by atoms with E-state index in [-0.39, 0.29) is 12.1 Å². The highest BCUT2D eigenvalue weighted by Crippen LogP contribution is 2.11. The molecular weight excluding hydrogens is 248 g/mol. The van der Waals surface area contributed by atoms with Crippen LogP contribution in [0.25, 0.3) is 0 Å². The molecule has 0 aromatic carbocycles. The van der Waals surface area contributed by atoms with Gasteiger partial charge in [0.05, 0.1) is 0 Å². The van der Waals surface area contributed by atoms with Gasteiger partial charge in [-0.3, -0.25) is 4.79 Å². The number of allylic oxidation sites excluding steroid dienone is 5. The molecule has 1 heterocycles. The molecule has 0 N–H and O–H groups in total. The summed E-state index contributed by atoms with van der Waals surface area (Å²) < 4.78 is 5.50. The first-order chi connectivity index (χ1) is 9.83. The monoisotopic (exact) mass is 276 g/mol. The molecule has 0 fully saturated rings. The predicted molar refractivity (Wildman–Crippen MR) is 84.5 cm³/mol. The van der Waals surface area contributed by atoms with E-state index in [1.807, 2.05) is 12.2 Å². The van der Waals surface area contributed by atoms with Crippen LogP contribution >= 0.6 is 0 Å². The van der Waals surface area contributed by atoms with Crippen LogP contribution in [0, 0.1) is 0 Å². The Morgan fingerprint density at radius 1 is 1.00 bits per heavy atom. The highest BCUT2D eigenvalue weighted by Gasteiger charge is 2.10. The first-order valence-electron chi connectivity index (χ1n) is 8.00. The SMILES string of the molecule is CCC1C/C=C/C=C/C=C/CCCCCCCC(=O)O1. The second kappa shape index (κ2) is 11.5. The van der Waals surface area contributed by atoms with Crippen LogP contribution in [0.1, 0.15) is 64.7 Å². The molecule has 2 nitrogen and oxygen atoms in total. The van der Waals surface area contributed by atoms with E-state index >= 15 is 0 Å². The molecule has 1 rings (SSSR count). The number of carbonyl (C=O) groups is 1. The van der Waals surface area contributed by atoms with E-state index in [0.29, 0.717) is 6.42 Å². The van der Waals surface area contributed by atoms with Crippen LogP contribution in [-0.4, -0.2) is 12.1 Å². The van der Waals surface area contributed by atoms with Crippen molar-refractivity contribution >= 4 is 5.97 Å². The molecule has 1 unspecified atom stereocenters. The molecular formula is C18H28O2. The van der Waals surface area contributed by atoms with E-state index < -0.39 is 0 Å². The van der Waals surface area contributed by atoms with Gasteiger partial charge >= 0.3 is 5.97 Å². The molecule has 0 aromatic rings. The summed E-state index contributed by atoms with van der Waals surface area (Å²) in [6, 6.07) is 0. The van der Waals surface area contributed by atoms with Crippen LogP contribution in [0.15, 0.2) is 36.5 Å². The molecule has 2 heteroatoms. The van der Waals surface area contributed by atoms with Crippen LogP contribution in [0.3, 0.4) is 0 Å². The Balaban J connectivity index is 2.48. The zero-order valence-electron chi connectivity index (χ0n) is 12.7. The maximum Gasteiger partial charge on any atom is 0.306 e. The van der Waals surface area contributed by atoms with Crippen LogP contribution in [0.2, 0.25) is 0 Å². The van der Waals surface area contributed by atoms with Crippen molar-refractivity contribution in [1.82, 2.24) is 0 Å². The second-order valence-corrected chi connectivity index (χ2v) is 5.30. The molecule has 0 saturated carbocycles. The lowest BCUT2D eigenvalue weighted by atomic mass is 10.1. The lowest BCUT2D eigenvalue weighted by Gasteiger charge is -2.14. The van der Waals surface area contributed by atoms with Crippen molar-refractivity contribution in [2.75, 3.05) is 0 Å². The zero-order valence-corrected chi connectivity index (χ0v) is 12.7. The van der Waals surface area contributed by atoms with Crippen LogP contribution in [0.4, 0.5) is 0 Å². The van der Waals surface area contributed by atoms with Crippen molar-refractivity contribution in [2.24, 2.45) is 0 Å². The van der Waals surface area contributed by atoms with E-state index in [9.17, 15) is 4.79 Å². The third-order valence-corrected chi connectivity index (χ3v) is 3.51. The molecule has 0 radical (unpaired) electrons. The summed E-state index contributed by atoms with van der Waals surface area (Å²) in [5.41, 5.74) is 0. The van der Waals surface area contributed by atoms with Gasteiger partial charge in [0.15, 0.2) is 0 Å². The number of carbonyl (C=O) groups excluding carboxylic acids is 1. The number of rotatable bonds is 1. The first-order valence-corrected chi connectivity index (χ1v) is 8.00. The summed E-state index contributed by atoms with van der Waals surface area (Å²) in [4.78, 5) is 11.7. The molecule has 0 amide bonds. The quantitative estimate of drug-likeness (QED) is 0.622. The Labute approximate surface area is 123 Å². The summed E-state index contributed by atoms with van der Waals surface area (Å²) in [5.74, 6) is -0.0354. The highest BCUT2D eigenvalue weighted by atomic mass is 16.5. The Kier molecular flexibility index (Phi) is 9.64. The molecule has 1 atom stereocenters. The Hall–Kier alpha value is -1.31. The third-order valence-electron chi connectivity index (χ3n) is 3.51. The van der Waals surface area contributed by atoms with Crippen molar-refractivity contribution in [3.63, 3.8) is 0 Å². The molecule has 20 heavy (non-hydrogen) atoms. The minimum absolute atomic E-state index is 0.0263. The number of cyclic esters (lactones) is 1. The van der Waals surface area contributed by atoms with Crippen molar-refractivity contribution in [2.45, 2.75) is 70.8 Å². The van der Waals surface area contributed by atoms with Crippen LogP contribution in [-0.2, 0) is 9.53 Å². The first kappa shape index (κ1) is 16.7. The fraction of sp³-hybridized carbons (Fsp3) is 0.611. The number of hydrogen-bond acceptors (Lipinski definition) is 2. The predicted octanol–water partition coefficient (Wildman–Crippen LogP) is 5.11. The van der Waals surface area contributed by atoms with E-state index in [4.69, 9.17) is 4.74 Å². The lowest BCUT2D eigenvalue weighted by molar-refractivity contribution is -0.149. The van der Waals surface area contributed by atoms with Gasteiger partial charge in [0, 0.05) is 12.8 Å². The second-order valence-electron chi connectivity index (χ2n) is 5.30. The largest absolute Gasteiger partial charge is 0.462 e. The topological polar surface area (TPSA) is 26.3 Å². The Morgan fingerprint density at radius 2 is 1.70 bits per heavy atom. The molecule has 0 saturated heterocycles. The molecule has 0 spiro atoms. The van der Waals surface area contributed by atoms with Gasteiger partial charge in [-0.25, -0.2) is 0 Å². The zero-order chi connectivity index (χ0) is 14.5. The molecule has 0 bridgehead atoms. The van der Waals surface area contributed by atoms with E-state index in [1.54, 1.807) is 0 Å². The molecule has 0 aromatic heterocycles. The highest BCUT2D eigenvalue weighted by molar-refractivity contribution is 5.69. The summed E-state index contributed by atoms with van der Waals surface area (Å²) in [6.45, 7) is 2.06. The smallest absolute Gasteiger partial charge is 0.306 e. The van der Waals surface area contributed by atoms with E-state index in [0.717, 1.165) is 32.1 Å². The van der Waals surface area contributed by atoms with Gasteiger partial charge in [-0.2, -0.15) is 0 Å². The van der Waals surface area contributed by atoms with Gasteiger partial charge in [0.2, 0.25) is 0 Å².